The van der Waals surface area contributed by atoms with Crippen LogP contribution in [0.25, 0.3) is 0 Å². The third-order valence-corrected chi connectivity index (χ3v) is 6.50. The van der Waals surface area contributed by atoms with Gasteiger partial charge in [0, 0.05) is 39.3 Å². The van der Waals surface area contributed by atoms with Crippen LogP contribution in [0.15, 0.2) is 34.2 Å². The molecular formula is C18H28F3N5O2S. The molecule has 7 nitrogen and oxygen atoms in total. The first-order valence-corrected chi connectivity index (χ1v) is 10.9. The first-order chi connectivity index (χ1) is 13.6. The minimum atomic E-state index is -4.26. The van der Waals surface area contributed by atoms with Gasteiger partial charge in [-0.25, -0.2) is 13.4 Å². The van der Waals surface area contributed by atoms with E-state index in [-0.39, 0.29) is 23.9 Å². The standard InChI is InChI=1S/C18H28F3N5O2S/c1-3-22-17(23-9-8-18(19,20)21)24-14-15-6-4-5-7-16(15)29(27,28)26-12-10-25(2)11-13-26/h4-7H,3,8-14H2,1-2H3,(H2,22,23,24). The molecule has 0 saturated carbocycles. The molecule has 164 valence electrons. The van der Waals surface area contributed by atoms with Crippen LogP contribution in [0, 0.1) is 0 Å². The Bertz CT molecular complexity index is 791. The average Bonchev–Trinajstić information content (AvgIpc) is 2.65. The molecule has 2 rings (SSSR count). The first-order valence-electron chi connectivity index (χ1n) is 9.49. The monoisotopic (exact) mass is 435 g/mol. The Morgan fingerprint density at radius 1 is 1.14 bits per heavy atom. The summed E-state index contributed by atoms with van der Waals surface area (Å²) in [6.07, 6.45) is -5.24. The van der Waals surface area contributed by atoms with Gasteiger partial charge < -0.3 is 15.5 Å². The lowest BCUT2D eigenvalue weighted by molar-refractivity contribution is -0.132. The molecular weight excluding hydrogens is 407 g/mol. The van der Waals surface area contributed by atoms with E-state index in [0.29, 0.717) is 38.3 Å². The predicted octanol–water partition coefficient (Wildman–Crippen LogP) is 1.63. The number of halogens is 3. The van der Waals surface area contributed by atoms with Crippen molar-refractivity contribution in [2.45, 2.75) is 31.0 Å². The van der Waals surface area contributed by atoms with E-state index in [0.717, 1.165) is 0 Å². The largest absolute Gasteiger partial charge is 0.390 e. The van der Waals surface area contributed by atoms with Crippen LogP contribution in [0.1, 0.15) is 18.9 Å². The highest BCUT2D eigenvalue weighted by Crippen LogP contribution is 2.22. The van der Waals surface area contributed by atoms with Crippen LogP contribution in [0.3, 0.4) is 0 Å². The second-order valence-corrected chi connectivity index (χ2v) is 8.71. The molecule has 0 spiro atoms. The summed E-state index contributed by atoms with van der Waals surface area (Å²) in [5.41, 5.74) is 0.499. The molecule has 2 N–H and O–H groups in total. The van der Waals surface area contributed by atoms with Gasteiger partial charge in [-0.15, -0.1) is 0 Å². The predicted molar refractivity (Wildman–Crippen MR) is 106 cm³/mol. The lowest BCUT2D eigenvalue weighted by atomic mass is 10.2. The van der Waals surface area contributed by atoms with Gasteiger partial charge in [-0.3, -0.25) is 0 Å². The zero-order chi connectivity index (χ0) is 21.5. The molecule has 1 aromatic carbocycles. The number of nitrogens with one attached hydrogen (secondary N) is 2. The van der Waals surface area contributed by atoms with Crippen molar-refractivity contribution in [3.05, 3.63) is 29.8 Å². The van der Waals surface area contributed by atoms with Gasteiger partial charge in [0.15, 0.2) is 5.96 Å². The molecule has 1 aromatic rings. The van der Waals surface area contributed by atoms with Crippen molar-refractivity contribution in [1.82, 2.24) is 19.8 Å². The molecule has 0 amide bonds. The number of hydrogen-bond donors (Lipinski definition) is 2. The Labute approximate surface area is 170 Å². The van der Waals surface area contributed by atoms with Crippen molar-refractivity contribution < 1.29 is 21.6 Å². The van der Waals surface area contributed by atoms with Crippen molar-refractivity contribution in [3.8, 4) is 0 Å². The third kappa shape index (κ3) is 7.16. The van der Waals surface area contributed by atoms with E-state index in [1.165, 1.54) is 4.31 Å². The molecule has 0 bridgehead atoms. The van der Waals surface area contributed by atoms with Crippen LogP contribution in [0.4, 0.5) is 13.2 Å². The van der Waals surface area contributed by atoms with Crippen LogP contribution < -0.4 is 10.6 Å². The number of guanidine groups is 1. The van der Waals surface area contributed by atoms with E-state index in [2.05, 4.69) is 20.5 Å². The Kier molecular flexibility index (Phi) is 8.29. The number of piperazine rings is 1. The number of rotatable bonds is 7. The van der Waals surface area contributed by atoms with Gasteiger partial charge in [-0.05, 0) is 25.6 Å². The maximum Gasteiger partial charge on any atom is 0.390 e. The van der Waals surface area contributed by atoms with E-state index in [1.54, 1.807) is 31.2 Å². The number of likely N-dealkylation sites (N-methyl/N-ethyl adjacent to an activating group) is 1. The minimum absolute atomic E-state index is 0.0322. The molecule has 0 atom stereocenters. The van der Waals surface area contributed by atoms with E-state index in [9.17, 15) is 21.6 Å². The number of aliphatic imine (C=N–C) groups is 1. The number of nitrogens with zero attached hydrogens (tertiary/aromatic N) is 3. The fourth-order valence-corrected chi connectivity index (χ4v) is 4.52. The van der Waals surface area contributed by atoms with Crippen molar-refractivity contribution in [3.63, 3.8) is 0 Å². The third-order valence-electron chi connectivity index (χ3n) is 4.51. The van der Waals surface area contributed by atoms with Crippen molar-refractivity contribution in [2.24, 2.45) is 4.99 Å². The molecule has 0 unspecified atom stereocenters. The van der Waals surface area contributed by atoms with E-state index < -0.39 is 22.6 Å². The van der Waals surface area contributed by atoms with Gasteiger partial charge in [0.1, 0.15) is 0 Å². The van der Waals surface area contributed by atoms with Crippen LogP contribution in [-0.2, 0) is 16.6 Å². The Hall–Kier alpha value is -1.85. The molecule has 1 fully saturated rings. The quantitative estimate of drug-likeness (QED) is 0.503. The number of benzene rings is 1. The molecule has 0 radical (unpaired) electrons. The Balaban J connectivity index is 2.15. The second-order valence-electron chi connectivity index (χ2n) is 6.80. The molecule has 1 aliphatic rings. The van der Waals surface area contributed by atoms with Gasteiger partial charge in [0.25, 0.3) is 0 Å². The normalized spacial score (nSPS) is 17.3. The van der Waals surface area contributed by atoms with Crippen molar-refractivity contribution in [2.75, 3.05) is 46.3 Å². The Morgan fingerprint density at radius 3 is 2.41 bits per heavy atom. The maximum absolute atomic E-state index is 13.1. The molecule has 1 heterocycles. The fraction of sp³-hybridized carbons (Fsp3) is 0.611. The maximum atomic E-state index is 13.1. The minimum Gasteiger partial charge on any atom is -0.357 e. The average molecular weight is 436 g/mol. The second kappa shape index (κ2) is 10.3. The van der Waals surface area contributed by atoms with Gasteiger partial charge >= 0.3 is 6.18 Å². The summed E-state index contributed by atoms with van der Waals surface area (Å²) in [6.45, 7) is 4.14. The summed E-state index contributed by atoms with van der Waals surface area (Å²) < 4.78 is 64.7. The van der Waals surface area contributed by atoms with E-state index >= 15 is 0 Å². The van der Waals surface area contributed by atoms with Crippen LogP contribution in [0.2, 0.25) is 0 Å². The van der Waals surface area contributed by atoms with Crippen molar-refractivity contribution in [1.29, 1.82) is 0 Å². The summed E-state index contributed by atoms with van der Waals surface area (Å²) >= 11 is 0. The smallest absolute Gasteiger partial charge is 0.357 e. The highest BCUT2D eigenvalue weighted by molar-refractivity contribution is 7.89. The zero-order valence-electron chi connectivity index (χ0n) is 16.7. The zero-order valence-corrected chi connectivity index (χ0v) is 17.5. The number of hydrogen-bond acceptors (Lipinski definition) is 4. The Morgan fingerprint density at radius 2 is 1.79 bits per heavy atom. The van der Waals surface area contributed by atoms with Gasteiger partial charge in [-0.2, -0.15) is 17.5 Å². The fourth-order valence-electron chi connectivity index (χ4n) is 2.88. The van der Waals surface area contributed by atoms with Crippen LogP contribution in [0.5, 0.6) is 0 Å². The highest BCUT2D eigenvalue weighted by atomic mass is 32.2. The van der Waals surface area contributed by atoms with Gasteiger partial charge in [-0.1, -0.05) is 18.2 Å². The summed E-state index contributed by atoms with van der Waals surface area (Å²) in [5, 5.41) is 5.50. The molecule has 1 aliphatic heterocycles. The molecule has 11 heteroatoms. The first kappa shape index (κ1) is 23.4. The highest BCUT2D eigenvalue weighted by Gasteiger charge is 2.29. The summed E-state index contributed by atoms with van der Waals surface area (Å²) in [7, 11) is -1.72. The van der Waals surface area contributed by atoms with E-state index in [1.807, 2.05) is 7.05 Å². The van der Waals surface area contributed by atoms with Gasteiger partial charge in [0.05, 0.1) is 17.9 Å². The molecule has 0 aliphatic carbocycles. The van der Waals surface area contributed by atoms with Crippen LogP contribution in [-0.4, -0.2) is 76.1 Å². The lowest BCUT2D eigenvalue weighted by Crippen LogP contribution is -2.47. The van der Waals surface area contributed by atoms with Gasteiger partial charge in [0.2, 0.25) is 10.0 Å². The van der Waals surface area contributed by atoms with E-state index in [4.69, 9.17) is 0 Å². The summed E-state index contributed by atoms with van der Waals surface area (Å²) in [5.74, 6) is 0.212. The van der Waals surface area contributed by atoms with Crippen molar-refractivity contribution >= 4 is 16.0 Å². The molecule has 1 saturated heterocycles. The summed E-state index contributed by atoms with van der Waals surface area (Å²) in [4.78, 5) is 6.52. The number of sulfonamides is 1. The molecule has 29 heavy (non-hydrogen) atoms. The SMILES string of the molecule is CCNC(=NCc1ccccc1S(=O)(=O)N1CCN(C)CC1)NCCC(F)(F)F. The number of alkyl halides is 3. The topological polar surface area (TPSA) is 77.0 Å². The summed E-state index contributed by atoms with van der Waals surface area (Å²) in [6, 6.07) is 6.59. The van der Waals surface area contributed by atoms with Crippen LogP contribution >= 0.6 is 0 Å². The molecule has 0 aromatic heterocycles. The lowest BCUT2D eigenvalue weighted by Gasteiger charge is -2.32.